The molecule has 0 atom stereocenters. The first-order valence-electron chi connectivity index (χ1n) is 7.08. The van der Waals surface area contributed by atoms with E-state index in [0.717, 1.165) is 24.3 Å². The first-order chi connectivity index (χ1) is 9.65. The minimum Gasteiger partial charge on any atom is -0.366 e. The fraction of sp³-hybridized carbons (Fsp3) is 0.278. The van der Waals surface area contributed by atoms with Gasteiger partial charge in [-0.1, -0.05) is 30.3 Å². The molecule has 0 bridgehead atoms. The van der Waals surface area contributed by atoms with Crippen molar-refractivity contribution in [3.05, 3.63) is 64.7 Å². The van der Waals surface area contributed by atoms with Crippen molar-refractivity contribution >= 4 is 11.5 Å². The summed E-state index contributed by atoms with van der Waals surface area (Å²) in [6, 6.07) is 14.5. The van der Waals surface area contributed by atoms with Crippen molar-refractivity contribution in [2.24, 2.45) is 0 Å². The van der Waals surface area contributed by atoms with E-state index in [1.807, 2.05) is 24.3 Å². The molecule has 2 aromatic carbocycles. The minimum atomic E-state index is 0.261. The van der Waals surface area contributed by atoms with E-state index in [2.05, 4.69) is 36.9 Å². The van der Waals surface area contributed by atoms with Gasteiger partial charge in [0.05, 0.1) is 0 Å². The van der Waals surface area contributed by atoms with Gasteiger partial charge in [0.15, 0.2) is 5.78 Å². The van der Waals surface area contributed by atoms with E-state index in [0.29, 0.717) is 6.42 Å². The van der Waals surface area contributed by atoms with Gasteiger partial charge in [-0.15, -0.1) is 0 Å². The predicted molar refractivity (Wildman–Crippen MR) is 82.4 cm³/mol. The molecule has 20 heavy (non-hydrogen) atoms. The van der Waals surface area contributed by atoms with Gasteiger partial charge in [-0.3, -0.25) is 4.79 Å². The number of fused-ring (bicyclic) bond motifs is 1. The maximum Gasteiger partial charge on any atom is 0.166 e. The first kappa shape index (κ1) is 12.9. The minimum absolute atomic E-state index is 0.261. The summed E-state index contributed by atoms with van der Waals surface area (Å²) in [5.74, 6) is 0.261. The Bertz CT molecular complexity index is 660. The number of hydrogen-bond donors (Lipinski definition) is 0. The number of carbonyl (C=O) groups is 1. The van der Waals surface area contributed by atoms with Crippen LogP contribution in [-0.2, 0) is 6.54 Å². The molecule has 1 aliphatic rings. The SMILES string of the molecule is Cc1ccc(CN2CCC(=O)c3ccccc32)cc1C. The monoisotopic (exact) mass is 265 g/mol. The molecule has 0 radical (unpaired) electrons. The molecule has 0 amide bonds. The lowest BCUT2D eigenvalue weighted by molar-refractivity contribution is 0.0979. The zero-order valence-electron chi connectivity index (χ0n) is 12.0. The molecule has 0 saturated heterocycles. The van der Waals surface area contributed by atoms with Gasteiger partial charge >= 0.3 is 0 Å². The number of para-hydroxylation sites is 1. The third-order valence-electron chi connectivity index (χ3n) is 4.10. The van der Waals surface area contributed by atoms with E-state index in [-0.39, 0.29) is 5.78 Å². The molecule has 0 aromatic heterocycles. The van der Waals surface area contributed by atoms with Crippen LogP contribution >= 0.6 is 0 Å². The summed E-state index contributed by atoms with van der Waals surface area (Å²) in [6.45, 7) is 5.95. The van der Waals surface area contributed by atoms with Gasteiger partial charge in [0.25, 0.3) is 0 Å². The second kappa shape index (κ2) is 5.12. The fourth-order valence-electron chi connectivity index (χ4n) is 2.76. The molecule has 0 saturated carbocycles. The second-order valence-electron chi connectivity index (χ2n) is 5.53. The Kier molecular flexibility index (Phi) is 3.31. The molecule has 2 aromatic rings. The van der Waals surface area contributed by atoms with Crippen molar-refractivity contribution in [2.75, 3.05) is 11.4 Å². The predicted octanol–water partition coefficient (Wildman–Crippen LogP) is 3.90. The van der Waals surface area contributed by atoms with Crippen molar-refractivity contribution < 1.29 is 4.79 Å². The highest BCUT2D eigenvalue weighted by atomic mass is 16.1. The zero-order chi connectivity index (χ0) is 14.1. The molecule has 3 rings (SSSR count). The van der Waals surface area contributed by atoms with E-state index < -0.39 is 0 Å². The van der Waals surface area contributed by atoms with Crippen LogP contribution in [0.5, 0.6) is 0 Å². The second-order valence-corrected chi connectivity index (χ2v) is 5.53. The smallest absolute Gasteiger partial charge is 0.166 e. The average Bonchev–Trinajstić information content (AvgIpc) is 2.46. The summed E-state index contributed by atoms with van der Waals surface area (Å²) in [7, 11) is 0. The Morgan fingerprint density at radius 2 is 1.85 bits per heavy atom. The van der Waals surface area contributed by atoms with Gasteiger partial charge in [-0.2, -0.15) is 0 Å². The number of hydrogen-bond acceptors (Lipinski definition) is 2. The van der Waals surface area contributed by atoms with Crippen LogP contribution in [0, 0.1) is 13.8 Å². The third-order valence-corrected chi connectivity index (χ3v) is 4.10. The molecule has 0 N–H and O–H groups in total. The van der Waals surface area contributed by atoms with E-state index in [9.17, 15) is 4.79 Å². The summed E-state index contributed by atoms with van der Waals surface area (Å²) < 4.78 is 0. The quantitative estimate of drug-likeness (QED) is 0.821. The van der Waals surface area contributed by atoms with Crippen LogP contribution in [0.25, 0.3) is 0 Å². The maximum atomic E-state index is 12.0. The molecule has 0 aliphatic carbocycles. The molecule has 102 valence electrons. The number of carbonyl (C=O) groups excluding carboxylic acids is 1. The molecule has 0 spiro atoms. The Balaban J connectivity index is 1.90. The number of nitrogens with zero attached hydrogens (tertiary/aromatic N) is 1. The van der Waals surface area contributed by atoms with Gasteiger partial charge in [-0.25, -0.2) is 0 Å². The highest BCUT2D eigenvalue weighted by Gasteiger charge is 2.22. The average molecular weight is 265 g/mol. The molecular weight excluding hydrogens is 246 g/mol. The Morgan fingerprint density at radius 1 is 1.05 bits per heavy atom. The summed E-state index contributed by atoms with van der Waals surface area (Å²) in [6.07, 6.45) is 0.613. The Labute approximate surface area is 120 Å². The lowest BCUT2D eigenvalue weighted by atomic mass is 9.99. The summed E-state index contributed by atoms with van der Waals surface area (Å²) in [5, 5.41) is 0. The number of anilines is 1. The molecule has 2 nitrogen and oxygen atoms in total. The topological polar surface area (TPSA) is 20.3 Å². The van der Waals surface area contributed by atoms with E-state index in [1.54, 1.807) is 0 Å². The third kappa shape index (κ3) is 2.34. The van der Waals surface area contributed by atoms with Crippen molar-refractivity contribution in [3.63, 3.8) is 0 Å². The highest BCUT2D eigenvalue weighted by Crippen LogP contribution is 2.28. The highest BCUT2D eigenvalue weighted by molar-refractivity contribution is 6.03. The van der Waals surface area contributed by atoms with Gasteiger partial charge in [-0.05, 0) is 42.7 Å². The van der Waals surface area contributed by atoms with E-state index >= 15 is 0 Å². The van der Waals surface area contributed by atoms with Crippen LogP contribution < -0.4 is 4.90 Å². The van der Waals surface area contributed by atoms with Crippen molar-refractivity contribution in [2.45, 2.75) is 26.8 Å². The Morgan fingerprint density at radius 3 is 2.65 bits per heavy atom. The van der Waals surface area contributed by atoms with E-state index in [1.165, 1.54) is 16.7 Å². The molecule has 0 unspecified atom stereocenters. The summed E-state index contributed by atoms with van der Waals surface area (Å²) >= 11 is 0. The van der Waals surface area contributed by atoms with Gasteiger partial charge in [0, 0.05) is 30.8 Å². The van der Waals surface area contributed by atoms with Crippen LogP contribution in [0.4, 0.5) is 5.69 Å². The van der Waals surface area contributed by atoms with Crippen LogP contribution in [0.1, 0.15) is 33.5 Å². The maximum absolute atomic E-state index is 12.0. The number of ketones is 1. The Hall–Kier alpha value is -2.09. The summed E-state index contributed by atoms with van der Waals surface area (Å²) in [5.41, 5.74) is 5.88. The first-order valence-corrected chi connectivity index (χ1v) is 7.08. The van der Waals surface area contributed by atoms with Crippen molar-refractivity contribution in [1.82, 2.24) is 0 Å². The van der Waals surface area contributed by atoms with Crippen molar-refractivity contribution in [1.29, 1.82) is 0 Å². The molecular formula is C18H19NO. The van der Waals surface area contributed by atoms with Gasteiger partial charge < -0.3 is 4.90 Å². The van der Waals surface area contributed by atoms with Crippen LogP contribution in [-0.4, -0.2) is 12.3 Å². The zero-order valence-corrected chi connectivity index (χ0v) is 12.0. The molecule has 2 heteroatoms. The van der Waals surface area contributed by atoms with Gasteiger partial charge in [0.1, 0.15) is 0 Å². The van der Waals surface area contributed by atoms with Crippen LogP contribution in [0.15, 0.2) is 42.5 Å². The molecule has 1 aliphatic heterocycles. The fourth-order valence-corrected chi connectivity index (χ4v) is 2.76. The number of aryl methyl sites for hydroxylation is 2. The number of Topliss-reactive ketones (excluding diaryl/α,β-unsaturated/α-hetero) is 1. The lowest BCUT2D eigenvalue weighted by Gasteiger charge is -2.30. The number of rotatable bonds is 2. The lowest BCUT2D eigenvalue weighted by Crippen LogP contribution is -2.31. The molecule has 1 heterocycles. The largest absolute Gasteiger partial charge is 0.366 e. The van der Waals surface area contributed by atoms with Crippen molar-refractivity contribution in [3.8, 4) is 0 Å². The summed E-state index contributed by atoms with van der Waals surface area (Å²) in [4.78, 5) is 14.3. The van der Waals surface area contributed by atoms with Gasteiger partial charge in [0.2, 0.25) is 0 Å². The van der Waals surface area contributed by atoms with Crippen LogP contribution in [0.2, 0.25) is 0 Å². The van der Waals surface area contributed by atoms with E-state index in [4.69, 9.17) is 0 Å². The normalized spacial score (nSPS) is 14.3. The van der Waals surface area contributed by atoms with Crippen LogP contribution in [0.3, 0.4) is 0 Å². The standard InChI is InChI=1S/C18H19NO/c1-13-7-8-15(11-14(13)2)12-19-10-9-18(20)16-5-3-4-6-17(16)19/h3-8,11H,9-10,12H2,1-2H3. The molecule has 0 fully saturated rings. The number of benzene rings is 2.